The first kappa shape index (κ1) is 18.8. The fraction of sp³-hybridized carbons (Fsp3) is 0.650. The standard InChI is InChI=1S/C20H32N2O2/c1-15-10-9-11-18(16(15)2)24-17(3)19(23)21-14-20(22(4)5)12-7-6-8-13-20/h9-11,17H,6-8,12-14H2,1-5H3,(H,21,23). The molecule has 4 heteroatoms. The summed E-state index contributed by atoms with van der Waals surface area (Å²) in [5.74, 6) is 0.750. The van der Waals surface area contributed by atoms with E-state index in [0.29, 0.717) is 6.54 Å². The van der Waals surface area contributed by atoms with Crippen LogP contribution in [0.5, 0.6) is 5.75 Å². The molecule has 0 aromatic heterocycles. The Bertz CT molecular complexity index is 563. The minimum absolute atomic E-state index is 0.0392. The highest BCUT2D eigenvalue weighted by atomic mass is 16.5. The third-order valence-electron chi connectivity index (χ3n) is 5.55. The van der Waals surface area contributed by atoms with Gasteiger partial charge in [-0.3, -0.25) is 4.79 Å². The van der Waals surface area contributed by atoms with Crippen LogP contribution in [-0.2, 0) is 4.79 Å². The molecule has 4 nitrogen and oxygen atoms in total. The number of ether oxygens (including phenoxy) is 1. The van der Waals surface area contributed by atoms with Crippen LogP contribution in [0, 0.1) is 13.8 Å². The second kappa shape index (κ2) is 8.02. The zero-order valence-corrected chi connectivity index (χ0v) is 15.8. The van der Waals surface area contributed by atoms with Crippen LogP contribution >= 0.6 is 0 Å². The molecule has 0 aliphatic heterocycles. The number of aryl methyl sites for hydroxylation is 1. The number of carbonyl (C=O) groups is 1. The predicted octanol–water partition coefficient (Wildman–Crippen LogP) is 3.45. The van der Waals surface area contributed by atoms with Gasteiger partial charge in [-0.2, -0.15) is 0 Å². The Kier molecular flexibility index (Phi) is 6.27. The van der Waals surface area contributed by atoms with Crippen LogP contribution in [0.3, 0.4) is 0 Å². The normalized spacial score (nSPS) is 18.2. The molecule has 0 radical (unpaired) electrons. The molecule has 0 heterocycles. The lowest BCUT2D eigenvalue weighted by Gasteiger charge is -2.43. The molecular formula is C20H32N2O2. The van der Waals surface area contributed by atoms with Crippen LogP contribution in [0.4, 0.5) is 0 Å². The minimum atomic E-state index is -0.492. The minimum Gasteiger partial charge on any atom is -0.481 e. The van der Waals surface area contributed by atoms with E-state index in [2.05, 4.69) is 37.3 Å². The van der Waals surface area contributed by atoms with Crippen LogP contribution in [0.25, 0.3) is 0 Å². The van der Waals surface area contributed by atoms with Crippen molar-refractivity contribution in [2.45, 2.75) is 64.5 Å². The second-order valence-electron chi connectivity index (χ2n) is 7.36. The highest BCUT2D eigenvalue weighted by molar-refractivity contribution is 5.80. The lowest BCUT2D eigenvalue weighted by Crippen LogP contribution is -2.55. The van der Waals surface area contributed by atoms with Gasteiger partial charge in [-0.05, 0) is 64.9 Å². The highest BCUT2D eigenvalue weighted by Gasteiger charge is 2.34. The number of rotatable bonds is 6. The molecule has 1 unspecified atom stereocenters. The summed E-state index contributed by atoms with van der Waals surface area (Å²) >= 11 is 0. The third-order valence-corrected chi connectivity index (χ3v) is 5.55. The molecule has 0 spiro atoms. The van der Waals surface area contributed by atoms with E-state index in [0.717, 1.165) is 24.2 Å². The number of nitrogens with one attached hydrogen (secondary N) is 1. The zero-order valence-electron chi connectivity index (χ0n) is 15.8. The number of nitrogens with zero attached hydrogens (tertiary/aromatic N) is 1. The van der Waals surface area contributed by atoms with Gasteiger partial charge in [0.25, 0.3) is 5.91 Å². The maximum absolute atomic E-state index is 12.5. The summed E-state index contributed by atoms with van der Waals surface area (Å²) in [5, 5.41) is 3.12. The van der Waals surface area contributed by atoms with Gasteiger partial charge in [-0.25, -0.2) is 0 Å². The Labute approximate surface area is 146 Å². The number of hydrogen-bond acceptors (Lipinski definition) is 3. The molecule has 1 aromatic carbocycles. The first-order valence-corrected chi connectivity index (χ1v) is 9.04. The van der Waals surface area contributed by atoms with Gasteiger partial charge in [0, 0.05) is 12.1 Å². The van der Waals surface area contributed by atoms with Gasteiger partial charge in [-0.15, -0.1) is 0 Å². The molecule has 0 bridgehead atoms. The number of amides is 1. The molecule has 1 fully saturated rings. The van der Waals surface area contributed by atoms with Crippen molar-refractivity contribution in [3.63, 3.8) is 0 Å². The number of carbonyl (C=O) groups excluding carboxylic acids is 1. The van der Waals surface area contributed by atoms with Crippen LogP contribution in [-0.4, -0.2) is 43.1 Å². The van der Waals surface area contributed by atoms with E-state index in [-0.39, 0.29) is 11.4 Å². The Morgan fingerprint density at radius 1 is 1.25 bits per heavy atom. The van der Waals surface area contributed by atoms with Crippen LogP contribution in [0.2, 0.25) is 0 Å². The largest absolute Gasteiger partial charge is 0.481 e. The molecule has 24 heavy (non-hydrogen) atoms. The van der Waals surface area contributed by atoms with Crippen molar-refractivity contribution >= 4 is 5.91 Å². The number of likely N-dealkylation sites (N-methyl/N-ethyl adjacent to an activating group) is 1. The quantitative estimate of drug-likeness (QED) is 0.867. The summed E-state index contributed by atoms with van der Waals surface area (Å²) < 4.78 is 5.90. The maximum atomic E-state index is 12.5. The molecule has 1 amide bonds. The molecule has 2 rings (SSSR count). The highest BCUT2D eigenvalue weighted by Crippen LogP contribution is 2.31. The Hall–Kier alpha value is -1.55. The SMILES string of the molecule is Cc1cccc(OC(C)C(=O)NCC2(N(C)C)CCCCC2)c1C. The van der Waals surface area contributed by atoms with E-state index in [4.69, 9.17) is 4.74 Å². The second-order valence-corrected chi connectivity index (χ2v) is 7.36. The van der Waals surface area contributed by atoms with Crippen molar-refractivity contribution < 1.29 is 9.53 Å². The lowest BCUT2D eigenvalue weighted by molar-refractivity contribution is -0.128. The van der Waals surface area contributed by atoms with Crippen LogP contribution < -0.4 is 10.1 Å². The molecule has 1 atom stereocenters. The summed E-state index contributed by atoms with van der Waals surface area (Å²) in [6.45, 7) is 6.59. The third kappa shape index (κ3) is 4.29. The fourth-order valence-corrected chi connectivity index (χ4v) is 3.48. The number of benzene rings is 1. The summed E-state index contributed by atoms with van der Waals surface area (Å²) in [6.07, 6.45) is 5.58. The molecule has 1 N–H and O–H groups in total. The summed E-state index contributed by atoms with van der Waals surface area (Å²) in [7, 11) is 4.24. The van der Waals surface area contributed by atoms with E-state index < -0.39 is 6.10 Å². The molecule has 1 saturated carbocycles. The van der Waals surface area contributed by atoms with Gasteiger partial charge < -0.3 is 15.0 Å². The van der Waals surface area contributed by atoms with Crippen molar-refractivity contribution in [1.82, 2.24) is 10.2 Å². The van der Waals surface area contributed by atoms with Gasteiger partial charge >= 0.3 is 0 Å². The molecule has 1 aliphatic rings. The van der Waals surface area contributed by atoms with Crippen molar-refractivity contribution in [3.05, 3.63) is 29.3 Å². The average molecular weight is 332 g/mol. The monoisotopic (exact) mass is 332 g/mol. The maximum Gasteiger partial charge on any atom is 0.260 e. The Morgan fingerprint density at radius 3 is 2.54 bits per heavy atom. The van der Waals surface area contributed by atoms with Crippen LogP contribution in [0.1, 0.15) is 50.2 Å². The topological polar surface area (TPSA) is 41.6 Å². The first-order chi connectivity index (χ1) is 11.4. The Balaban J connectivity index is 1.94. The first-order valence-electron chi connectivity index (χ1n) is 9.04. The summed E-state index contributed by atoms with van der Waals surface area (Å²) in [5.41, 5.74) is 2.36. The summed E-state index contributed by atoms with van der Waals surface area (Å²) in [6, 6.07) is 5.94. The molecule has 1 aliphatic carbocycles. The van der Waals surface area contributed by atoms with Gasteiger partial charge in [-0.1, -0.05) is 31.4 Å². The Morgan fingerprint density at radius 2 is 1.92 bits per heavy atom. The van der Waals surface area contributed by atoms with E-state index in [9.17, 15) is 4.79 Å². The smallest absolute Gasteiger partial charge is 0.260 e. The molecule has 1 aromatic rings. The van der Waals surface area contributed by atoms with Crippen molar-refractivity contribution in [2.75, 3.05) is 20.6 Å². The number of hydrogen-bond donors (Lipinski definition) is 1. The predicted molar refractivity (Wildman–Crippen MR) is 98.5 cm³/mol. The van der Waals surface area contributed by atoms with E-state index in [1.54, 1.807) is 0 Å². The average Bonchev–Trinajstić information content (AvgIpc) is 2.57. The molecule has 134 valence electrons. The van der Waals surface area contributed by atoms with Crippen molar-refractivity contribution in [3.8, 4) is 5.75 Å². The van der Waals surface area contributed by atoms with Crippen molar-refractivity contribution in [1.29, 1.82) is 0 Å². The van der Waals surface area contributed by atoms with Crippen LogP contribution in [0.15, 0.2) is 18.2 Å². The van der Waals surface area contributed by atoms with E-state index in [1.807, 2.05) is 26.0 Å². The lowest BCUT2D eigenvalue weighted by atomic mass is 9.80. The van der Waals surface area contributed by atoms with Gasteiger partial charge in [0.2, 0.25) is 0 Å². The van der Waals surface area contributed by atoms with Gasteiger partial charge in [0.1, 0.15) is 5.75 Å². The van der Waals surface area contributed by atoms with Gasteiger partial charge in [0.05, 0.1) is 0 Å². The van der Waals surface area contributed by atoms with E-state index >= 15 is 0 Å². The molecular weight excluding hydrogens is 300 g/mol. The molecule has 0 saturated heterocycles. The van der Waals surface area contributed by atoms with Gasteiger partial charge in [0.15, 0.2) is 6.10 Å². The zero-order chi connectivity index (χ0) is 17.7. The summed E-state index contributed by atoms with van der Waals surface area (Å²) in [4.78, 5) is 14.8. The van der Waals surface area contributed by atoms with E-state index in [1.165, 1.54) is 24.8 Å². The van der Waals surface area contributed by atoms with Crippen molar-refractivity contribution in [2.24, 2.45) is 0 Å². The fourth-order valence-electron chi connectivity index (χ4n) is 3.48.